The number of hydrogen-bond donors (Lipinski definition) is 1. The zero-order valence-electron chi connectivity index (χ0n) is 13.5. The maximum absolute atomic E-state index is 12.7. The summed E-state index contributed by atoms with van der Waals surface area (Å²) in [7, 11) is 3.70. The van der Waals surface area contributed by atoms with Gasteiger partial charge in [0.2, 0.25) is 0 Å². The van der Waals surface area contributed by atoms with E-state index in [0.29, 0.717) is 24.3 Å². The van der Waals surface area contributed by atoms with Crippen molar-refractivity contribution in [2.24, 2.45) is 0 Å². The summed E-state index contributed by atoms with van der Waals surface area (Å²) in [5.41, 5.74) is 0.737. The van der Waals surface area contributed by atoms with E-state index in [4.69, 9.17) is 9.47 Å². The number of rotatable bonds is 1. The largest absolute Gasteiger partial charge is 0.493 e. The summed E-state index contributed by atoms with van der Waals surface area (Å²) in [6, 6.07) is 4.05. The average Bonchev–Trinajstić information content (AvgIpc) is 2.90. The number of benzene rings is 1. The molecule has 1 aromatic rings. The van der Waals surface area contributed by atoms with Gasteiger partial charge in [0.15, 0.2) is 23.4 Å². The highest BCUT2D eigenvalue weighted by atomic mass is 16.5. The molecule has 0 amide bonds. The fraction of sp³-hybridized carbons (Fsp3) is 0.611. The van der Waals surface area contributed by atoms with Crippen molar-refractivity contribution in [3.63, 3.8) is 0 Å². The minimum Gasteiger partial charge on any atom is -0.493 e. The van der Waals surface area contributed by atoms with Crippen LogP contribution in [0.5, 0.6) is 11.5 Å². The number of ether oxygens (including phenoxy) is 2. The molecule has 122 valence electrons. The normalized spacial score (nSPS) is 40.6. The lowest BCUT2D eigenvalue weighted by Gasteiger charge is -2.62. The second kappa shape index (κ2) is 4.08. The Labute approximate surface area is 135 Å². The summed E-state index contributed by atoms with van der Waals surface area (Å²) in [6.07, 6.45) is 1.89. The van der Waals surface area contributed by atoms with E-state index in [2.05, 4.69) is 18.0 Å². The number of methoxy groups -OCH3 is 1. The number of ketones is 1. The van der Waals surface area contributed by atoms with E-state index in [1.807, 2.05) is 6.07 Å². The van der Waals surface area contributed by atoms with E-state index in [-0.39, 0.29) is 11.8 Å². The first-order valence-electron chi connectivity index (χ1n) is 8.35. The van der Waals surface area contributed by atoms with Crippen LogP contribution in [0.1, 0.15) is 30.4 Å². The summed E-state index contributed by atoms with van der Waals surface area (Å²) in [5.74, 6) is 1.47. The van der Waals surface area contributed by atoms with Crippen molar-refractivity contribution in [3.8, 4) is 11.5 Å². The molecule has 1 saturated carbocycles. The standard InChI is InChI=1S/C18H21NO4/c1-19-8-7-17-14-10-3-4-12(22-2)15(14)23-16(17)11(20)5-6-18(17,21)13(19)9-10/h3-4,13,16,21H,5-9H2,1-2H3/t13?,16-,17-,18?/m0/s1. The molecule has 1 N–H and O–H groups in total. The molecule has 2 bridgehead atoms. The Morgan fingerprint density at radius 2 is 2.22 bits per heavy atom. The summed E-state index contributed by atoms with van der Waals surface area (Å²) in [4.78, 5) is 14.9. The van der Waals surface area contributed by atoms with Gasteiger partial charge in [-0.2, -0.15) is 0 Å². The van der Waals surface area contributed by atoms with E-state index >= 15 is 0 Å². The summed E-state index contributed by atoms with van der Waals surface area (Å²) in [6.45, 7) is 0.871. The molecule has 2 heterocycles. The Hall–Kier alpha value is -1.59. The molecule has 2 fully saturated rings. The minimum absolute atomic E-state index is 0.0438. The number of nitrogens with zero attached hydrogens (tertiary/aromatic N) is 1. The predicted octanol–water partition coefficient (Wildman–Crippen LogP) is 1.05. The van der Waals surface area contributed by atoms with Crippen molar-refractivity contribution in [1.82, 2.24) is 4.90 Å². The van der Waals surface area contributed by atoms with Crippen LogP contribution in [0.15, 0.2) is 12.1 Å². The second-order valence-corrected chi connectivity index (χ2v) is 7.44. The Morgan fingerprint density at radius 3 is 3.00 bits per heavy atom. The Bertz CT molecular complexity index is 732. The molecule has 2 aliphatic carbocycles. The number of piperidine rings is 1. The van der Waals surface area contributed by atoms with E-state index in [1.165, 1.54) is 5.56 Å². The molecule has 0 radical (unpaired) electrons. The zero-order valence-corrected chi connectivity index (χ0v) is 13.5. The van der Waals surface area contributed by atoms with E-state index in [0.717, 1.165) is 24.9 Å². The molecule has 23 heavy (non-hydrogen) atoms. The van der Waals surface area contributed by atoms with Gasteiger partial charge in [0, 0.05) is 18.0 Å². The Balaban J connectivity index is 1.86. The minimum atomic E-state index is -0.900. The SMILES string of the molecule is COc1ccc2c3c1O[C@H]1C(=O)CCC4(O)C(C2)N(C)CC[C@]314. The lowest BCUT2D eigenvalue weighted by atomic mass is 9.49. The first-order valence-corrected chi connectivity index (χ1v) is 8.35. The van der Waals surface area contributed by atoms with Crippen molar-refractivity contribution in [3.05, 3.63) is 23.3 Å². The third kappa shape index (κ3) is 1.32. The Morgan fingerprint density at radius 1 is 1.39 bits per heavy atom. The van der Waals surface area contributed by atoms with Crippen LogP contribution in [0.25, 0.3) is 0 Å². The van der Waals surface area contributed by atoms with Crippen molar-refractivity contribution < 1.29 is 19.4 Å². The first kappa shape index (κ1) is 13.8. The molecular weight excluding hydrogens is 294 g/mol. The number of likely N-dealkylation sites (N-methyl/N-ethyl adjacent to an activating group) is 1. The maximum Gasteiger partial charge on any atom is 0.174 e. The van der Waals surface area contributed by atoms with Gasteiger partial charge in [0.05, 0.1) is 18.1 Å². The van der Waals surface area contributed by atoms with Crippen molar-refractivity contribution in [2.75, 3.05) is 20.7 Å². The van der Waals surface area contributed by atoms with E-state index in [9.17, 15) is 9.90 Å². The number of likely N-dealkylation sites (tertiary alicyclic amines) is 1. The highest BCUT2D eigenvalue weighted by Crippen LogP contribution is 2.64. The summed E-state index contributed by atoms with van der Waals surface area (Å²) in [5, 5.41) is 11.7. The van der Waals surface area contributed by atoms with Crippen LogP contribution in [0, 0.1) is 0 Å². The quantitative estimate of drug-likeness (QED) is 0.839. The van der Waals surface area contributed by atoms with Crippen LogP contribution < -0.4 is 9.47 Å². The lowest BCUT2D eigenvalue weighted by Crippen LogP contribution is -2.76. The molecule has 1 saturated heterocycles. The Kier molecular flexibility index (Phi) is 2.45. The zero-order chi connectivity index (χ0) is 16.0. The molecule has 5 nitrogen and oxygen atoms in total. The number of hydrogen-bond acceptors (Lipinski definition) is 5. The highest BCUT2D eigenvalue weighted by molar-refractivity contribution is 5.90. The van der Waals surface area contributed by atoms with Gasteiger partial charge >= 0.3 is 0 Å². The van der Waals surface area contributed by atoms with Gasteiger partial charge in [0.1, 0.15) is 0 Å². The fourth-order valence-electron chi connectivity index (χ4n) is 5.69. The second-order valence-electron chi connectivity index (χ2n) is 7.44. The van der Waals surface area contributed by atoms with Crippen LogP contribution in [0.4, 0.5) is 0 Å². The number of carbonyl (C=O) groups excluding carboxylic acids is 1. The molecule has 4 aliphatic rings. The van der Waals surface area contributed by atoms with Gasteiger partial charge in [-0.15, -0.1) is 0 Å². The van der Waals surface area contributed by atoms with E-state index in [1.54, 1.807) is 7.11 Å². The van der Waals surface area contributed by atoms with Gasteiger partial charge in [-0.3, -0.25) is 4.79 Å². The van der Waals surface area contributed by atoms with Crippen LogP contribution in [-0.4, -0.2) is 54.2 Å². The van der Waals surface area contributed by atoms with Gasteiger partial charge in [0.25, 0.3) is 0 Å². The van der Waals surface area contributed by atoms with Gasteiger partial charge in [-0.05, 0) is 44.5 Å². The topological polar surface area (TPSA) is 59.0 Å². The molecule has 0 aromatic heterocycles. The maximum atomic E-state index is 12.7. The van der Waals surface area contributed by atoms with Crippen molar-refractivity contribution >= 4 is 5.78 Å². The molecule has 1 spiro atoms. The van der Waals surface area contributed by atoms with Gasteiger partial charge < -0.3 is 19.5 Å². The van der Waals surface area contributed by atoms with Crippen molar-refractivity contribution in [1.29, 1.82) is 0 Å². The molecule has 2 aliphatic heterocycles. The third-order valence-corrected chi connectivity index (χ3v) is 6.73. The summed E-state index contributed by atoms with van der Waals surface area (Å²) >= 11 is 0. The van der Waals surface area contributed by atoms with Crippen LogP contribution >= 0.6 is 0 Å². The summed E-state index contributed by atoms with van der Waals surface area (Å²) < 4.78 is 11.6. The smallest absolute Gasteiger partial charge is 0.174 e. The molecular formula is C18H21NO4. The number of aliphatic hydroxyl groups is 1. The highest BCUT2D eigenvalue weighted by Gasteiger charge is 2.72. The molecule has 2 unspecified atom stereocenters. The number of carbonyl (C=O) groups is 1. The van der Waals surface area contributed by atoms with E-state index < -0.39 is 17.1 Å². The lowest BCUT2D eigenvalue weighted by molar-refractivity contribution is -0.185. The van der Waals surface area contributed by atoms with Crippen LogP contribution in [0.3, 0.4) is 0 Å². The van der Waals surface area contributed by atoms with Crippen LogP contribution in [-0.2, 0) is 16.6 Å². The van der Waals surface area contributed by atoms with Crippen LogP contribution in [0.2, 0.25) is 0 Å². The van der Waals surface area contributed by atoms with Gasteiger partial charge in [-0.1, -0.05) is 6.07 Å². The molecule has 4 atom stereocenters. The third-order valence-electron chi connectivity index (χ3n) is 6.73. The molecule has 1 aromatic carbocycles. The fourth-order valence-corrected chi connectivity index (χ4v) is 5.69. The number of Topliss-reactive ketones (excluding diaryl/α,β-unsaturated/α-hetero) is 1. The monoisotopic (exact) mass is 315 g/mol. The first-order chi connectivity index (χ1) is 11.0. The van der Waals surface area contributed by atoms with Crippen molar-refractivity contribution in [2.45, 2.75) is 48.8 Å². The average molecular weight is 315 g/mol. The molecule has 5 rings (SSSR count). The molecule has 5 heteroatoms. The predicted molar refractivity (Wildman–Crippen MR) is 83.0 cm³/mol. The van der Waals surface area contributed by atoms with Gasteiger partial charge in [-0.25, -0.2) is 0 Å².